The smallest absolute Gasteiger partial charge is 0.164 e. The molecular formula is C6H12Cl2Si2. The van der Waals surface area contributed by atoms with E-state index in [2.05, 4.69) is 13.2 Å². The van der Waals surface area contributed by atoms with Crippen molar-refractivity contribution >= 4 is 36.0 Å². The highest BCUT2D eigenvalue weighted by Gasteiger charge is 2.42. The van der Waals surface area contributed by atoms with Gasteiger partial charge >= 0.3 is 0 Å². The minimum Gasteiger partial charge on any atom is -0.164 e. The first-order valence-electron chi connectivity index (χ1n) is 3.02. The molecule has 0 aromatic carbocycles. The molecule has 0 fully saturated rings. The molecule has 0 spiro atoms. The molecule has 0 nitrogen and oxygen atoms in total. The maximum Gasteiger partial charge on any atom is 0.188 e. The third-order valence-corrected chi connectivity index (χ3v) is 21.0. The van der Waals surface area contributed by atoms with Crippen molar-refractivity contribution in [3.8, 4) is 0 Å². The van der Waals surface area contributed by atoms with Crippen LogP contribution in [-0.4, -0.2) is 13.8 Å². The zero-order valence-electron chi connectivity index (χ0n) is 6.32. The summed E-state index contributed by atoms with van der Waals surface area (Å²) >= 11 is 12.4. The van der Waals surface area contributed by atoms with Crippen molar-refractivity contribution in [2.24, 2.45) is 0 Å². The molecule has 0 aromatic heterocycles. The Morgan fingerprint density at radius 3 is 1.30 bits per heavy atom. The van der Waals surface area contributed by atoms with E-state index in [9.17, 15) is 0 Å². The van der Waals surface area contributed by atoms with Crippen LogP contribution in [0.15, 0.2) is 24.6 Å². The van der Waals surface area contributed by atoms with Crippen LogP contribution in [-0.2, 0) is 0 Å². The summed E-state index contributed by atoms with van der Waals surface area (Å²) in [5.74, 6) is 0. The zero-order valence-corrected chi connectivity index (χ0v) is 9.84. The summed E-state index contributed by atoms with van der Waals surface area (Å²) in [6, 6.07) is 0. The van der Waals surface area contributed by atoms with Gasteiger partial charge in [-0.05, 0) is 0 Å². The second-order valence-electron chi connectivity index (χ2n) is 2.56. The summed E-state index contributed by atoms with van der Waals surface area (Å²) in [6.45, 7) is 7.60. The fraction of sp³-hybridized carbons (Fsp3) is 0.333. The SMILES string of the molecule is C=C[Si](C)(Cl)[Si](C)(Cl)C=C. The lowest BCUT2D eigenvalue weighted by Gasteiger charge is -2.26. The summed E-state index contributed by atoms with van der Waals surface area (Å²) in [4.78, 5) is 0. The lowest BCUT2D eigenvalue weighted by molar-refractivity contribution is 2.05. The fourth-order valence-electron chi connectivity index (χ4n) is 0.399. The maximum absolute atomic E-state index is 6.19. The summed E-state index contributed by atoms with van der Waals surface area (Å²) in [5.41, 5.74) is 3.63. The van der Waals surface area contributed by atoms with Crippen LogP contribution in [0.5, 0.6) is 0 Å². The van der Waals surface area contributed by atoms with Crippen molar-refractivity contribution in [3.63, 3.8) is 0 Å². The summed E-state index contributed by atoms with van der Waals surface area (Å²) in [7, 11) is 0. The fourth-order valence-corrected chi connectivity index (χ4v) is 4.98. The van der Waals surface area contributed by atoms with E-state index in [0.29, 0.717) is 0 Å². The summed E-state index contributed by atoms with van der Waals surface area (Å²) in [6.07, 6.45) is 0. The normalized spacial score (nSPS) is 22.4. The van der Waals surface area contributed by atoms with Crippen LogP contribution in [0.3, 0.4) is 0 Å². The molecule has 0 saturated carbocycles. The molecule has 0 heterocycles. The molecule has 0 saturated heterocycles. The molecule has 2 atom stereocenters. The van der Waals surface area contributed by atoms with Crippen molar-refractivity contribution < 1.29 is 0 Å². The number of hydrogen-bond donors (Lipinski definition) is 0. The van der Waals surface area contributed by atoms with E-state index in [-0.39, 0.29) is 0 Å². The molecule has 0 N–H and O–H groups in total. The summed E-state index contributed by atoms with van der Waals surface area (Å²) < 4.78 is 0. The molecule has 0 aliphatic heterocycles. The molecule has 0 radical (unpaired) electrons. The van der Waals surface area contributed by atoms with E-state index in [1.54, 1.807) is 0 Å². The monoisotopic (exact) mass is 210 g/mol. The van der Waals surface area contributed by atoms with Gasteiger partial charge in [0.1, 0.15) is 0 Å². The van der Waals surface area contributed by atoms with Gasteiger partial charge in [0, 0.05) is 0 Å². The molecule has 0 aromatic rings. The molecule has 0 bridgehead atoms. The zero-order chi connectivity index (χ0) is 8.41. The second-order valence-corrected chi connectivity index (χ2v) is 20.5. The standard InChI is InChI=1S/C6H12Cl2Si2/c1-5-9(3,7)10(4,8)6-2/h5-6H,1-2H2,3-4H3. The Morgan fingerprint density at radius 1 is 1.00 bits per heavy atom. The van der Waals surface area contributed by atoms with E-state index in [1.807, 2.05) is 24.5 Å². The number of hydrogen-bond acceptors (Lipinski definition) is 0. The molecule has 4 heteroatoms. The Balaban J connectivity index is 4.59. The Morgan fingerprint density at radius 2 is 1.20 bits per heavy atom. The lowest BCUT2D eigenvalue weighted by Crippen LogP contribution is -2.48. The highest BCUT2D eigenvalue weighted by atomic mass is 35.6. The van der Waals surface area contributed by atoms with Crippen molar-refractivity contribution in [1.29, 1.82) is 0 Å². The van der Waals surface area contributed by atoms with Gasteiger partial charge in [-0.3, -0.25) is 0 Å². The molecule has 58 valence electrons. The molecule has 0 aliphatic carbocycles. The summed E-state index contributed by atoms with van der Waals surface area (Å²) in [5, 5.41) is 0. The van der Waals surface area contributed by atoms with Gasteiger partial charge in [0.05, 0.1) is 0 Å². The first kappa shape index (κ1) is 10.5. The minimum atomic E-state index is -1.88. The van der Waals surface area contributed by atoms with Gasteiger partial charge in [-0.25, -0.2) is 0 Å². The molecule has 0 amide bonds. The predicted molar refractivity (Wildman–Crippen MR) is 55.3 cm³/mol. The van der Waals surface area contributed by atoms with Crippen molar-refractivity contribution in [2.75, 3.05) is 0 Å². The second kappa shape index (κ2) is 3.26. The topological polar surface area (TPSA) is 0 Å². The quantitative estimate of drug-likeness (QED) is 0.497. The van der Waals surface area contributed by atoms with Crippen LogP contribution in [0.1, 0.15) is 0 Å². The first-order valence-corrected chi connectivity index (χ1v) is 11.2. The van der Waals surface area contributed by atoms with Crippen molar-refractivity contribution in [1.82, 2.24) is 0 Å². The van der Waals surface area contributed by atoms with Gasteiger partial charge < -0.3 is 0 Å². The average Bonchev–Trinajstić information content (AvgIpc) is 1.88. The number of halogens is 2. The molecular weight excluding hydrogens is 199 g/mol. The molecule has 10 heavy (non-hydrogen) atoms. The van der Waals surface area contributed by atoms with Crippen LogP contribution in [0.25, 0.3) is 0 Å². The van der Waals surface area contributed by atoms with E-state index in [1.165, 1.54) is 0 Å². The largest absolute Gasteiger partial charge is 0.188 e. The van der Waals surface area contributed by atoms with Gasteiger partial charge in [-0.15, -0.1) is 13.2 Å². The van der Waals surface area contributed by atoms with Gasteiger partial charge in [-0.1, -0.05) is 24.5 Å². The van der Waals surface area contributed by atoms with Crippen LogP contribution in [0.2, 0.25) is 13.1 Å². The highest BCUT2D eigenvalue weighted by molar-refractivity contribution is 7.73. The van der Waals surface area contributed by atoms with Crippen molar-refractivity contribution in [2.45, 2.75) is 13.1 Å². The molecule has 0 rings (SSSR count). The third kappa shape index (κ3) is 1.99. The van der Waals surface area contributed by atoms with Crippen molar-refractivity contribution in [3.05, 3.63) is 24.6 Å². The average molecular weight is 211 g/mol. The Kier molecular flexibility index (Phi) is 3.42. The highest BCUT2D eigenvalue weighted by Crippen LogP contribution is 2.28. The van der Waals surface area contributed by atoms with E-state index in [4.69, 9.17) is 22.2 Å². The Labute approximate surface area is 73.8 Å². The first-order chi connectivity index (χ1) is 4.37. The Hall–Kier alpha value is 0.494. The third-order valence-electron chi connectivity index (χ3n) is 1.72. The van der Waals surface area contributed by atoms with E-state index in [0.717, 1.165) is 0 Å². The van der Waals surface area contributed by atoms with Gasteiger partial charge in [0.25, 0.3) is 0 Å². The van der Waals surface area contributed by atoms with E-state index >= 15 is 0 Å². The molecule has 2 unspecified atom stereocenters. The molecule has 0 aliphatic rings. The Bertz CT molecular complexity index is 134. The van der Waals surface area contributed by atoms with Crippen LogP contribution < -0.4 is 0 Å². The van der Waals surface area contributed by atoms with Gasteiger partial charge in [-0.2, -0.15) is 22.2 Å². The maximum atomic E-state index is 6.19. The van der Waals surface area contributed by atoms with Gasteiger partial charge in [0.15, 0.2) is 13.8 Å². The van der Waals surface area contributed by atoms with Crippen LogP contribution in [0, 0.1) is 0 Å². The van der Waals surface area contributed by atoms with Crippen LogP contribution >= 0.6 is 22.2 Å². The lowest BCUT2D eigenvalue weighted by atomic mass is 11.3. The predicted octanol–water partition coefficient (Wildman–Crippen LogP) is 3.14. The minimum absolute atomic E-state index is 1.81. The van der Waals surface area contributed by atoms with Gasteiger partial charge in [0.2, 0.25) is 0 Å². The number of rotatable bonds is 3. The van der Waals surface area contributed by atoms with Crippen LogP contribution in [0.4, 0.5) is 0 Å². The van der Waals surface area contributed by atoms with E-state index < -0.39 is 13.8 Å².